The Balaban J connectivity index is 1.34. The van der Waals surface area contributed by atoms with Gasteiger partial charge in [-0.05, 0) is 18.6 Å². The summed E-state index contributed by atoms with van der Waals surface area (Å²) in [6.07, 6.45) is 8.77. The van der Waals surface area contributed by atoms with Crippen molar-refractivity contribution in [3.8, 4) is 0 Å². The molecule has 8 nitrogen and oxygen atoms in total. The van der Waals surface area contributed by atoms with E-state index in [2.05, 4.69) is 15.1 Å². The van der Waals surface area contributed by atoms with Crippen LogP contribution in [0.1, 0.15) is 24.6 Å². The maximum absolute atomic E-state index is 12.8. The molecule has 2 unspecified atom stereocenters. The SMILES string of the molecule is CC(Cc1cnc[nH]1)C(=O)N(C)C1CCN(C(=O)Cc2cnn3ccccc23)C1. The van der Waals surface area contributed by atoms with E-state index in [0.717, 1.165) is 23.2 Å². The number of likely N-dealkylation sites (tertiary alicyclic amines) is 1. The maximum atomic E-state index is 12.8. The number of hydrogen-bond donors (Lipinski definition) is 1. The number of amides is 2. The van der Waals surface area contributed by atoms with Gasteiger partial charge in [-0.1, -0.05) is 13.0 Å². The Kier molecular flexibility index (Phi) is 5.33. The minimum Gasteiger partial charge on any atom is -0.348 e. The summed E-state index contributed by atoms with van der Waals surface area (Å²) >= 11 is 0. The molecular weight excluding hydrogens is 368 g/mol. The molecule has 1 aliphatic heterocycles. The second-order valence-electron chi connectivity index (χ2n) is 7.79. The number of fused-ring (bicyclic) bond motifs is 1. The molecular formula is C21H26N6O2. The second kappa shape index (κ2) is 8.06. The third-order valence-electron chi connectivity index (χ3n) is 5.76. The minimum absolute atomic E-state index is 0.0552. The van der Waals surface area contributed by atoms with E-state index in [0.29, 0.717) is 25.9 Å². The first-order valence-corrected chi connectivity index (χ1v) is 9.96. The molecule has 1 fully saturated rings. The van der Waals surface area contributed by atoms with Crippen LogP contribution in [0.2, 0.25) is 0 Å². The van der Waals surface area contributed by atoms with Gasteiger partial charge in [0.15, 0.2) is 0 Å². The average molecular weight is 394 g/mol. The smallest absolute Gasteiger partial charge is 0.227 e. The Hall–Kier alpha value is -3.16. The molecule has 3 aromatic rings. The number of carbonyl (C=O) groups excluding carboxylic acids is 2. The van der Waals surface area contributed by atoms with Crippen molar-refractivity contribution in [1.29, 1.82) is 0 Å². The van der Waals surface area contributed by atoms with Gasteiger partial charge in [0.25, 0.3) is 0 Å². The third-order valence-corrected chi connectivity index (χ3v) is 5.76. The van der Waals surface area contributed by atoms with Gasteiger partial charge in [0.05, 0.1) is 30.5 Å². The van der Waals surface area contributed by atoms with E-state index in [1.165, 1.54) is 0 Å². The Morgan fingerprint density at radius 1 is 1.34 bits per heavy atom. The van der Waals surface area contributed by atoms with Crippen LogP contribution in [0.5, 0.6) is 0 Å². The van der Waals surface area contributed by atoms with Crippen molar-refractivity contribution in [1.82, 2.24) is 29.4 Å². The molecule has 29 heavy (non-hydrogen) atoms. The lowest BCUT2D eigenvalue weighted by atomic mass is 10.0. The fourth-order valence-electron chi connectivity index (χ4n) is 4.02. The summed E-state index contributed by atoms with van der Waals surface area (Å²) in [5.74, 6) is 0.0446. The lowest BCUT2D eigenvalue weighted by Crippen LogP contribution is -2.43. The summed E-state index contributed by atoms with van der Waals surface area (Å²) in [7, 11) is 1.84. The molecule has 0 aromatic carbocycles. The van der Waals surface area contributed by atoms with E-state index in [1.807, 2.05) is 48.2 Å². The molecule has 0 radical (unpaired) electrons. The quantitative estimate of drug-likeness (QED) is 0.687. The van der Waals surface area contributed by atoms with Crippen molar-refractivity contribution < 1.29 is 9.59 Å². The molecule has 1 aliphatic rings. The van der Waals surface area contributed by atoms with Crippen molar-refractivity contribution >= 4 is 17.3 Å². The van der Waals surface area contributed by atoms with Crippen LogP contribution >= 0.6 is 0 Å². The Morgan fingerprint density at radius 3 is 3.00 bits per heavy atom. The number of nitrogens with one attached hydrogen (secondary N) is 1. The van der Waals surface area contributed by atoms with Crippen molar-refractivity contribution in [3.05, 3.63) is 54.4 Å². The van der Waals surface area contributed by atoms with Gasteiger partial charge in [0.2, 0.25) is 11.8 Å². The Labute approximate surface area is 169 Å². The van der Waals surface area contributed by atoms with Crippen molar-refractivity contribution in [3.63, 3.8) is 0 Å². The van der Waals surface area contributed by atoms with Gasteiger partial charge in [-0.2, -0.15) is 5.10 Å². The van der Waals surface area contributed by atoms with Crippen LogP contribution in [0.15, 0.2) is 43.1 Å². The molecule has 0 spiro atoms. The lowest BCUT2D eigenvalue weighted by Gasteiger charge is -2.27. The highest BCUT2D eigenvalue weighted by atomic mass is 16.2. The Morgan fingerprint density at radius 2 is 2.21 bits per heavy atom. The number of carbonyl (C=O) groups is 2. The number of pyridine rings is 1. The predicted octanol–water partition coefficient (Wildman–Crippen LogP) is 1.54. The van der Waals surface area contributed by atoms with Gasteiger partial charge >= 0.3 is 0 Å². The molecule has 3 aromatic heterocycles. The molecule has 4 rings (SSSR count). The van der Waals surface area contributed by atoms with Gasteiger partial charge in [0.1, 0.15) is 0 Å². The van der Waals surface area contributed by atoms with E-state index in [9.17, 15) is 9.59 Å². The zero-order chi connectivity index (χ0) is 20.4. The van der Waals surface area contributed by atoms with Gasteiger partial charge < -0.3 is 14.8 Å². The van der Waals surface area contributed by atoms with Crippen molar-refractivity contribution in [2.45, 2.75) is 32.2 Å². The summed E-state index contributed by atoms with van der Waals surface area (Å²) in [4.78, 5) is 36.3. The summed E-state index contributed by atoms with van der Waals surface area (Å²) in [6, 6.07) is 5.88. The molecule has 4 heterocycles. The number of H-pyrrole nitrogens is 1. The van der Waals surface area contributed by atoms with Crippen LogP contribution < -0.4 is 0 Å². The topological polar surface area (TPSA) is 86.6 Å². The highest BCUT2D eigenvalue weighted by Crippen LogP contribution is 2.20. The third kappa shape index (κ3) is 4.01. The number of hydrogen-bond acceptors (Lipinski definition) is 4. The van der Waals surface area contributed by atoms with E-state index >= 15 is 0 Å². The number of imidazole rings is 1. The fourth-order valence-corrected chi connectivity index (χ4v) is 4.02. The van der Waals surface area contributed by atoms with Crippen LogP contribution in [-0.2, 0) is 22.4 Å². The molecule has 2 amide bonds. The first-order valence-electron chi connectivity index (χ1n) is 9.96. The summed E-state index contributed by atoms with van der Waals surface area (Å²) in [6.45, 7) is 3.19. The zero-order valence-electron chi connectivity index (χ0n) is 16.8. The summed E-state index contributed by atoms with van der Waals surface area (Å²) < 4.78 is 1.78. The van der Waals surface area contributed by atoms with Gasteiger partial charge in [-0.15, -0.1) is 0 Å². The van der Waals surface area contributed by atoms with Crippen LogP contribution in [0.4, 0.5) is 0 Å². The monoisotopic (exact) mass is 394 g/mol. The lowest BCUT2D eigenvalue weighted by molar-refractivity contribution is -0.136. The number of aromatic nitrogens is 4. The molecule has 8 heteroatoms. The largest absolute Gasteiger partial charge is 0.348 e. The molecule has 1 saturated heterocycles. The van der Waals surface area contributed by atoms with E-state index in [4.69, 9.17) is 0 Å². The molecule has 0 aliphatic carbocycles. The van der Waals surface area contributed by atoms with Crippen LogP contribution in [0.25, 0.3) is 5.52 Å². The zero-order valence-corrected chi connectivity index (χ0v) is 16.8. The average Bonchev–Trinajstić information content (AvgIpc) is 3.48. The van der Waals surface area contributed by atoms with E-state index in [1.54, 1.807) is 23.2 Å². The van der Waals surface area contributed by atoms with Crippen molar-refractivity contribution in [2.75, 3.05) is 20.1 Å². The Bertz CT molecular complexity index is 996. The maximum Gasteiger partial charge on any atom is 0.227 e. The number of aromatic amines is 1. The number of rotatable bonds is 6. The standard InChI is InChI=1S/C21H26N6O2/c1-15(9-17-12-22-14-23-17)21(29)25(2)18-6-8-26(13-18)20(28)10-16-11-24-27-7-4-3-5-19(16)27/h3-5,7,11-12,14-15,18H,6,8-10,13H2,1-2H3,(H,22,23). The van der Waals surface area contributed by atoms with Gasteiger partial charge in [0, 0.05) is 56.1 Å². The summed E-state index contributed by atoms with van der Waals surface area (Å²) in [5, 5.41) is 4.30. The summed E-state index contributed by atoms with van der Waals surface area (Å²) in [5.41, 5.74) is 2.84. The molecule has 1 N–H and O–H groups in total. The van der Waals surface area contributed by atoms with Gasteiger partial charge in [-0.25, -0.2) is 9.50 Å². The van der Waals surface area contributed by atoms with E-state index in [-0.39, 0.29) is 23.8 Å². The van der Waals surface area contributed by atoms with E-state index < -0.39 is 0 Å². The second-order valence-corrected chi connectivity index (χ2v) is 7.79. The first-order chi connectivity index (χ1) is 14.0. The highest BCUT2D eigenvalue weighted by Gasteiger charge is 2.32. The molecule has 152 valence electrons. The first kappa shape index (κ1) is 19.2. The molecule has 0 bridgehead atoms. The van der Waals surface area contributed by atoms with Crippen molar-refractivity contribution in [2.24, 2.45) is 5.92 Å². The normalized spacial score (nSPS) is 17.6. The van der Waals surface area contributed by atoms with Crippen LogP contribution in [0.3, 0.4) is 0 Å². The molecule has 0 saturated carbocycles. The van der Waals surface area contributed by atoms with Crippen LogP contribution in [-0.4, -0.2) is 67.4 Å². The highest BCUT2D eigenvalue weighted by molar-refractivity contribution is 5.82. The minimum atomic E-state index is -0.135. The fraction of sp³-hybridized carbons (Fsp3) is 0.429. The number of likely N-dealkylation sites (N-methyl/N-ethyl adjacent to an activating group) is 1. The van der Waals surface area contributed by atoms with Crippen LogP contribution in [0, 0.1) is 5.92 Å². The molecule has 2 atom stereocenters. The van der Waals surface area contributed by atoms with Gasteiger partial charge in [-0.3, -0.25) is 9.59 Å². The predicted molar refractivity (Wildman–Crippen MR) is 108 cm³/mol. The number of nitrogens with zero attached hydrogens (tertiary/aromatic N) is 5.